The highest BCUT2D eigenvalue weighted by Gasteiger charge is 2.26. The molecule has 1 aromatic carbocycles. The van der Waals surface area contributed by atoms with Crippen molar-refractivity contribution in [1.29, 1.82) is 0 Å². The Bertz CT molecular complexity index is 513. The second kappa shape index (κ2) is 3.93. The highest BCUT2D eigenvalue weighted by molar-refractivity contribution is 8.13. The molecular formula is C11H14ClNO2S. The van der Waals surface area contributed by atoms with Crippen molar-refractivity contribution >= 4 is 25.4 Å². The Hall–Kier alpha value is -0.740. The minimum atomic E-state index is -3.66. The number of para-hydroxylation sites is 1. The molecule has 0 amide bonds. The van der Waals surface area contributed by atoms with Gasteiger partial charge >= 0.3 is 0 Å². The number of hydrogen-bond acceptors (Lipinski definition) is 3. The van der Waals surface area contributed by atoms with Crippen molar-refractivity contribution in [3.05, 3.63) is 23.8 Å². The molecule has 5 heteroatoms. The van der Waals surface area contributed by atoms with Crippen molar-refractivity contribution in [2.45, 2.75) is 18.2 Å². The van der Waals surface area contributed by atoms with Crippen molar-refractivity contribution in [2.75, 3.05) is 18.5 Å². The molecule has 0 radical (unpaired) electrons. The molecule has 0 fully saturated rings. The molecule has 0 saturated heterocycles. The third-order valence-electron chi connectivity index (χ3n) is 2.88. The van der Waals surface area contributed by atoms with Crippen LogP contribution in [0.3, 0.4) is 0 Å². The summed E-state index contributed by atoms with van der Waals surface area (Å²) >= 11 is 0. The van der Waals surface area contributed by atoms with E-state index < -0.39 is 9.05 Å². The molecule has 1 heterocycles. The van der Waals surface area contributed by atoms with E-state index in [2.05, 4.69) is 6.92 Å². The van der Waals surface area contributed by atoms with Gasteiger partial charge in [-0.3, -0.25) is 0 Å². The maximum atomic E-state index is 11.5. The zero-order valence-corrected chi connectivity index (χ0v) is 10.8. The molecule has 0 saturated carbocycles. The van der Waals surface area contributed by atoms with Gasteiger partial charge < -0.3 is 4.90 Å². The Balaban J connectivity index is 2.64. The lowest BCUT2D eigenvalue weighted by molar-refractivity contribution is 0.546. The maximum absolute atomic E-state index is 11.5. The lowest BCUT2D eigenvalue weighted by atomic mass is 9.94. The zero-order chi connectivity index (χ0) is 11.9. The first-order valence-electron chi connectivity index (χ1n) is 5.17. The number of fused-ring (bicyclic) bond motifs is 1. The molecule has 1 unspecified atom stereocenters. The van der Waals surface area contributed by atoms with Gasteiger partial charge in [-0.1, -0.05) is 19.1 Å². The van der Waals surface area contributed by atoms with Crippen LogP contribution in [0.15, 0.2) is 23.1 Å². The molecule has 3 nitrogen and oxygen atoms in total. The van der Waals surface area contributed by atoms with Crippen molar-refractivity contribution < 1.29 is 8.42 Å². The molecule has 1 aromatic rings. The van der Waals surface area contributed by atoms with E-state index in [4.69, 9.17) is 10.7 Å². The summed E-state index contributed by atoms with van der Waals surface area (Å²) in [6.45, 7) is 3.01. The highest BCUT2D eigenvalue weighted by atomic mass is 35.7. The van der Waals surface area contributed by atoms with Gasteiger partial charge in [0.25, 0.3) is 9.05 Å². The van der Waals surface area contributed by atoms with E-state index in [1.165, 1.54) is 0 Å². The van der Waals surface area contributed by atoms with Crippen LogP contribution >= 0.6 is 10.7 Å². The molecule has 0 aromatic heterocycles. The highest BCUT2D eigenvalue weighted by Crippen LogP contribution is 2.35. The topological polar surface area (TPSA) is 37.4 Å². The number of halogens is 1. The Morgan fingerprint density at radius 2 is 2.12 bits per heavy atom. The molecular weight excluding hydrogens is 246 g/mol. The van der Waals surface area contributed by atoms with Gasteiger partial charge in [0.05, 0.1) is 5.69 Å². The van der Waals surface area contributed by atoms with Crippen LogP contribution in [0.1, 0.15) is 12.5 Å². The molecule has 2 rings (SSSR count). The van der Waals surface area contributed by atoms with Crippen molar-refractivity contribution in [1.82, 2.24) is 0 Å². The van der Waals surface area contributed by atoms with Crippen molar-refractivity contribution in [2.24, 2.45) is 5.92 Å². The van der Waals surface area contributed by atoms with E-state index in [1.54, 1.807) is 12.1 Å². The van der Waals surface area contributed by atoms with Gasteiger partial charge in [-0.05, 0) is 24.0 Å². The lowest BCUT2D eigenvalue weighted by Gasteiger charge is -2.32. The third kappa shape index (κ3) is 2.04. The predicted molar refractivity (Wildman–Crippen MR) is 65.6 cm³/mol. The first-order valence-corrected chi connectivity index (χ1v) is 7.48. The van der Waals surface area contributed by atoms with Gasteiger partial charge in [-0.15, -0.1) is 0 Å². The standard InChI is InChI=1S/C11H14ClNO2S/c1-8-6-9-4-3-5-10(16(12,14)15)11(9)13(2)7-8/h3-5,8H,6-7H2,1-2H3. The van der Waals surface area contributed by atoms with E-state index in [-0.39, 0.29) is 4.90 Å². The summed E-state index contributed by atoms with van der Waals surface area (Å²) in [4.78, 5) is 2.19. The number of nitrogens with zero attached hydrogens (tertiary/aromatic N) is 1. The van der Waals surface area contributed by atoms with Gasteiger partial charge in [0.15, 0.2) is 0 Å². The van der Waals surface area contributed by atoms with E-state index >= 15 is 0 Å². The number of anilines is 1. The van der Waals surface area contributed by atoms with Gasteiger partial charge in [0, 0.05) is 24.3 Å². The molecule has 0 spiro atoms. The number of hydrogen-bond donors (Lipinski definition) is 0. The molecule has 1 aliphatic heterocycles. The second-order valence-corrected chi connectivity index (χ2v) is 6.93. The van der Waals surface area contributed by atoms with Gasteiger partial charge in [0.2, 0.25) is 0 Å². The monoisotopic (exact) mass is 259 g/mol. The Morgan fingerprint density at radius 1 is 1.44 bits per heavy atom. The summed E-state index contributed by atoms with van der Waals surface area (Å²) in [5.74, 6) is 0.533. The van der Waals surface area contributed by atoms with Gasteiger partial charge in [-0.2, -0.15) is 0 Å². The van der Waals surface area contributed by atoms with Crippen LogP contribution in [0.4, 0.5) is 5.69 Å². The van der Waals surface area contributed by atoms with Crippen molar-refractivity contribution in [3.63, 3.8) is 0 Å². The van der Waals surface area contributed by atoms with Gasteiger partial charge in [0.1, 0.15) is 4.90 Å². The first kappa shape index (κ1) is 11.7. The molecule has 0 N–H and O–H groups in total. The van der Waals surface area contributed by atoms with Crippen LogP contribution in [0.5, 0.6) is 0 Å². The quantitative estimate of drug-likeness (QED) is 0.726. The maximum Gasteiger partial charge on any atom is 0.263 e. The fraction of sp³-hybridized carbons (Fsp3) is 0.455. The fourth-order valence-electron chi connectivity index (χ4n) is 2.36. The summed E-state index contributed by atoms with van der Waals surface area (Å²) in [6, 6.07) is 5.28. The predicted octanol–water partition coefficient (Wildman–Crippen LogP) is 2.24. The summed E-state index contributed by atoms with van der Waals surface area (Å²) in [5, 5.41) is 0. The number of rotatable bonds is 1. The number of benzene rings is 1. The van der Waals surface area contributed by atoms with Crippen LogP contribution in [0.2, 0.25) is 0 Å². The Morgan fingerprint density at radius 3 is 2.75 bits per heavy atom. The smallest absolute Gasteiger partial charge is 0.263 e. The average Bonchev–Trinajstić information content (AvgIpc) is 2.14. The Kier molecular flexibility index (Phi) is 2.88. The van der Waals surface area contributed by atoms with Crippen LogP contribution in [-0.2, 0) is 15.5 Å². The van der Waals surface area contributed by atoms with E-state index in [1.807, 2.05) is 18.0 Å². The summed E-state index contributed by atoms with van der Waals surface area (Å²) in [7, 11) is 3.68. The summed E-state index contributed by atoms with van der Waals surface area (Å²) < 4.78 is 22.9. The van der Waals surface area contributed by atoms with Crippen LogP contribution < -0.4 is 4.90 Å². The van der Waals surface area contributed by atoms with E-state index in [9.17, 15) is 8.42 Å². The molecule has 1 atom stereocenters. The third-order valence-corrected chi connectivity index (χ3v) is 4.23. The minimum absolute atomic E-state index is 0.223. The second-order valence-electron chi connectivity index (χ2n) is 4.39. The molecule has 1 aliphatic rings. The molecule has 0 aliphatic carbocycles. The van der Waals surface area contributed by atoms with Crippen LogP contribution in [-0.4, -0.2) is 22.0 Å². The van der Waals surface area contributed by atoms with E-state index in [0.29, 0.717) is 5.92 Å². The first-order chi connectivity index (χ1) is 7.39. The fourth-order valence-corrected chi connectivity index (χ4v) is 3.49. The largest absolute Gasteiger partial charge is 0.373 e. The zero-order valence-electron chi connectivity index (χ0n) is 9.27. The summed E-state index contributed by atoms with van der Waals surface area (Å²) in [5.41, 5.74) is 1.82. The normalized spacial score (nSPS) is 20.7. The minimum Gasteiger partial charge on any atom is -0.373 e. The van der Waals surface area contributed by atoms with Crippen molar-refractivity contribution in [3.8, 4) is 0 Å². The molecule has 0 bridgehead atoms. The van der Waals surface area contributed by atoms with Gasteiger partial charge in [-0.25, -0.2) is 8.42 Å². The SMILES string of the molecule is CC1Cc2cccc(S(=O)(=O)Cl)c2N(C)C1. The Labute approximate surface area is 100 Å². The van der Waals surface area contributed by atoms with Crippen LogP contribution in [0.25, 0.3) is 0 Å². The molecule has 16 heavy (non-hydrogen) atoms. The van der Waals surface area contributed by atoms with E-state index in [0.717, 1.165) is 24.2 Å². The average molecular weight is 260 g/mol. The summed E-state index contributed by atoms with van der Waals surface area (Å²) in [6.07, 6.45) is 0.903. The van der Waals surface area contributed by atoms with Crippen LogP contribution in [0, 0.1) is 5.92 Å². The molecule has 88 valence electrons. The lowest BCUT2D eigenvalue weighted by Crippen LogP contribution is -2.31.